The molecule has 10 heteroatoms. The van der Waals surface area contributed by atoms with E-state index < -0.39 is 26.9 Å². The van der Waals surface area contributed by atoms with Crippen molar-refractivity contribution in [1.82, 2.24) is 10.5 Å². The van der Waals surface area contributed by atoms with E-state index >= 15 is 0 Å². The van der Waals surface area contributed by atoms with E-state index in [2.05, 4.69) is 4.98 Å². The molecule has 0 saturated carbocycles. The normalized spacial score (nSPS) is 16.4. The Labute approximate surface area is 167 Å². The predicted molar refractivity (Wildman–Crippen MR) is 100 cm³/mol. The highest BCUT2D eigenvalue weighted by molar-refractivity contribution is 7.91. The smallest absolute Gasteiger partial charge is 0.250 e. The number of pyridine rings is 1. The van der Waals surface area contributed by atoms with Crippen molar-refractivity contribution in [3.8, 4) is 11.6 Å². The number of hydroxylamine groups is 1. The largest absolute Gasteiger partial charge is 0.439 e. The summed E-state index contributed by atoms with van der Waals surface area (Å²) in [7, 11) is -3.78. The lowest BCUT2D eigenvalue weighted by Gasteiger charge is -2.34. The Hall–Kier alpha value is -2.20. The molecule has 1 aliphatic heterocycles. The van der Waals surface area contributed by atoms with Crippen LogP contribution in [0.5, 0.6) is 11.6 Å². The highest BCUT2D eigenvalue weighted by atomic mass is 35.5. The van der Waals surface area contributed by atoms with Crippen molar-refractivity contribution in [2.45, 2.75) is 17.7 Å². The van der Waals surface area contributed by atoms with E-state index in [0.717, 1.165) is 0 Å². The predicted octanol–water partition coefficient (Wildman–Crippen LogP) is 2.60. The second-order valence-electron chi connectivity index (χ2n) is 6.48. The summed E-state index contributed by atoms with van der Waals surface area (Å²) in [5.41, 5.74) is 0.367. The summed E-state index contributed by atoms with van der Waals surface area (Å²) in [6, 6.07) is 9.05. The summed E-state index contributed by atoms with van der Waals surface area (Å²) in [6.45, 7) is 0.508. The maximum Gasteiger partial charge on any atom is 0.250 e. The molecule has 2 heterocycles. The van der Waals surface area contributed by atoms with Crippen molar-refractivity contribution in [3.05, 3.63) is 47.6 Å². The molecule has 8 nitrogen and oxygen atoms in total. The van der Waals surface area contributed by atoms with E-state index in [4.69, 9.17) is 26.3 Å². The molecular formula is C18H19ClN2O6S. The number of amides is 1. The molecule has 2 aromatic rings. The number of carbonyl (C=O) groups excluding carboxylic acids is 1. The minimum atomic E-state index is -3.78. The number of hydrogen-bond donors (Lipinski definition) is 2. The van der Waals surface area contributed by atoms with Gasteiger partial charge in [-0.2, -0.15) is 0 Å². The van der Waals surface area contributed by atoms with Crippen LogP contribution in [0.15, 0.2) is 47.5 Å². The first-order valence-electron chi connectivity index (χ1n) is 8.49. The molecule has 1 aromatic carbocycles. The summed E-state index contributed by atoms with van der Waals surface area (Å²) in [5, 5.41) is 9.52. The lowest BCUT2D eigenvalue weighted by molar-refractivity contribution is -0.143. The van der Waals surface area contributed by atoms with Crippen LogP contribution in [0.4, 0.5) is 0 Å². The zero-order valence-corrected chi connectivity index (χ0v) is 16.4. The van der Waals surface area contributed by atoms with E-state index in [1.165, 1.54) is 30.5 Å². The van der Waals surface area contributed by atoms with E-state index in [0.29, 0.717) is 16.7 Å². The Morgan fingerprint density at radius 1 is 1.21 bits per heavy atom. The standard InChI is InChI=1S/C18H19ClN2O6S/c19-13-1-6-16(20-11-13)27-14-2-4-15(5-3-14)28(24,25)12-18(17(22)21-23)7-9-26-10-8-18/h1-6,11,23H,7-10,12H2,(H,21,22). The number of carbonyl (C=O) groups is 1. The number of nitrogens with one attached hydrogen (secondary N) is 1. The molecule has 1 amide bonds. The number of halogens is 1. The Morgan fingerprint density at radius 2 is 1.89 bits per heavy atom. The Kier molecular flexibility index (Phi) is 6.19. The molecule has 0 unspecified atom stereocenters. The van der Waals surface area contributed by atoms with Crippen LogP contribution in [0.3, 0.4) is 0 Å². The summed E-state index contributed by atoms with van der Waals surface area (Å²) in [4.78, 5) is 16.2. The maximum absolute atomic E-state index is 12.9. The third kappa shape index (κ3) is 4.61. The van der Waals surface area contributed by atoms with E-state index in [9.17, 15) is 13.2 Å². The number of sulfone groups is 1. The molecule has 0 radical (unpaired) electrons. The average molecular weight is 427 g/mol. The van der Waals surface area contributed by atoms with Crippen molar-refractivity contribution in [2.24, 2.45) is 5.41 Å². The number of aromatic nitrogens is 1. The van der Waals surface area contributed by atoms with Gasteiger partial charge in [0.05, 0.1) is 21.1 Å². The van der Waals surface area contributed by atoms with Crippen LogP contribution >= 0.6 is 11.6 Å². The van der Waals surface area contributed by atoms with Gasteiger partial charge in [0.15, 0.2) is 9.84 Å². The van der Waals surface area contributed by atoms with Gasteiger partial charge in [0.1, 0.15) is 5.75 Å². The summed E-state index contributed by atoms with van der Waals surface area (Å²) < 4.78 is 36.5. The number of benzene rings is 1. The van der Waals surface area contributed by atoms with Crippen LogP contribution in [0, 0.1) is 5.41 Å². The fourth-order valence-corrected chi connectivity index (χ4v) is 5.00. The topological polar surface area (TPSA) is 115 Å². The lowest BCUT2D eigenvalue weighted by atomic mass is 9.81. The van der Waals surface area contributed by atoms with Crippen molar-refractivity contribution in [2.75, 3.05) is 19.0 Å². The minimum Gasteiger partial charge on any atom is -0.439 e. The first kappa shape index (κ1) is 20.5. The van der Waals surface area contributed by atoms with Crippen LogP contribution < -0.4 is 10.2 Å². The highest BCUT2D eigenvalue weighted by Gasteiger charge is 2.44. The fraction of sp³-hybridized carbons (Fsp3) is 0.333. The zero-order chi connectivity index (χ0) is 20.2. The highest BCUT2D eigenvalue weighted by Crippen LogP contribution is 2.34. The minimum absolute atomic E-state index is 0.0560. The third-order valence-electron chi connectivity index (χ3n) is 4.60. The van der Waals surface area contributed by atoms with Gasteiger partial charge in [0.25, 0.3) is 5.91 Å². The van der Waals surface area contributed by atoms with Gasteiger partial charge in [-0.05, 0) is 43.2 Å². The fourth-order valence-electron chi connectivity index (χ4n) is 3.02. The first-order chi connectivity index (χ1) is 13.3. The SMILES string of the molecule is O=C(NO)C1(CS(=O)(=O)c2ccc(Oc3ccc(Cl)cn3)cc2)CCOCC1. The van der Waals surface area contributed by atoms with E-state index in [1.54, 1.807) is 17.6 Å². The van der Waals surface area contributed by atoms with E-state index in [1.807, 2.05) is 0 Å². The molecular weight excluding hydrogens is 408 g/mol. The molecule has 1 saturated heterocycles. The monoisotopic (exact) mass is 426 g/mol. The van der Waals surface area contributed by atoms with Crippen molar-refractivity contribution < 1.29 is 27.9 Å². The zero-order valence-electron chi connectivity index (χ0n) is 14.8. The third-order valence-corrected chi connectivity index (χ3v) is 6.75. The molecule has 1 aliphatic rings. The number of hydrogen-bond acceptors (Lipinski definition) is 7. The van der Waals surface area contributed by atoms with Gasteiger partial charge in [-0.1, -0.05) is 11.6 Å². The number of ether oxygens (including phenoxy) is 2. The molecule has 28 heavy (non-hydrogen) atoms. The van der Waals surface area contributed by atoms with Crippen molar-refractivity contribution in [3.63, 3.8) is 0 Å². The quantitative estimate of drug-likeness (QED) is 0.538. The molecule has 3 rings (SSSR count). The molecule has 0 atom stereocenters. The van der Waals surface area contributed by atoms with Gasteiger partial charge < -0.3 is 9.47 Å². The average Bonchev–Trinajstić information content (AvgIpc) is 2.70. The van der Waals surface area contributed by atoms with Crippen LogP contribution in [0.1, 0.15) is 12.8 Å². The van der Waals surface area contributed by atoms with Crippen LogP contribution in [0.25, 0.3) is 0 Å². The molecule has 0 spiro atoms. The second kappa shape index (κ2) is 8.44. The molecule has 1 aromatic heterocycles. The summed E-state index contributed by atoms with van der Waals surface area (Å²) >= 11 is 5.77. The first-order valence-corrected chi connectivity index (χ1v) is 10.5. The number of rotatable bonds is 6. The van der Waals surface area contributed by atoms with Gasteiger partial charge in [-0.25, -0.2) is 18.9 Å². The Bertz CT molecular complexity index is 926. The lowest BCUT2D eigenvalue weighted by Crippen LogP contribution is -2.47. The Balaban J connectivity index is 1.77. The second-order valence-corrected chi connectivity index (χ2v) is 8.91. The van der Waals surface area contributed by atoms with E-state index in [-0.39, 0.29) is 31.0 Å². The van der Waals surface area contributed by atoms with Gasteiger partial charge in [-0.3, -0.25) is 10.0 Å². The van der Waals surface area contributed by atoms with Gasteiger partial charge >= 0.3 is 0 Å². The molecule has 2 N–H and O–H groups in total. The van der Waals surface area contributed by atoms with Gasteiger partial charge in [-0.15, -0.1) is 0 Å². The molecule has 0 aliphatic carbocycles. The van der Waals surface area contributed by atoms with Gasteiger partial charge in [0, 0.05) is 25.5 Å². The van der Waals surface area contributed by atoms with Crippen LogP contribution in [-0.4, -0.2) is 43.5 Å². The maximum atomic E-state index is 12.9. The molecule has 150 valence electrons. The van der Waals surface area contributed by atoms with Gasteiger partial charge in [0.2, 0.25) is 5.88 Å². The van der Waals surface area contributed by atoms with Crippen molar-refractivity contribution in [1.29, 1.82) is 0 Å². The van der Waals surface area contributed by atoms with Crippen LogP contribution in [-0.2, 0) is 19.4 Å². The van der Waals surface area contributed by atoms with Crippen LogP contribution in [0.2, 0.25) is 5.02 Å². The number of nitrogens with zero attached hydrogens (tertiary/aromatic N) is 1. The molecule has 1 fully saturated rings. The molecule has 0 bridgehead atoms. The summed E-state index contributed by atoms with van der Waals surface area (Å²) in [5.74, 6) is -0.411. The summed E-state index contributed by atoms with van der Waals surface area (Å²) in [6.07, 6.45) is 1.86. The Morgan fingerprint density at radius 3 is 2.46 bits per heavy atom. The van der Waals surface area contributed by atoms with Crippen molar-refractivity contribution >= 4 is 27.3 Å².